The summed E-state index contributed by atoms with van der Waals surface area (Å²) in [5, 5.41) is 3.05. The number of nitrogens with one attached hydrogen (secondary N) is 1. The molecule has 0 aliphatic carbocycles. The van der Waals surface area contributed by atoms with Gasteiger partial charge in [-0.2, -0.15) is 0 Å². The number of nitrogens with zero attached hydrogens (tertiary/aromatic N) is 2. The van der Waals surface area contributed by atoms with Crippen LogP contribution in [0, 0.1) is 5.92 Å². The molecule has 2 atom stereocenters. The van der Waals surface area contributed by atoms with Crippen LogP contribution in [0.3, 0.4) is 0 Å². The number of hydrogen-bond donors (Lipinski definition) is 1. The van der Waals surface area contributed by atoms with E-state index in [9.17, 15) is 0 Å². The van der Waals surface area contributed by atoms with Crippen LogP contribution in [-0.2, 0) is 6.54 Å². The molecule has 0 bridgehead atoms. The molecule has 1 N–H and O–H groups in total. The summed E-state index contributed by atoms with van der Waals surface area (Å²) >= 11 is 0. The largest absolute Gasteiger partial charge is 0.373 e. The van der Waals surface area contributed by atoms with Gasteiger partial charge in [0.15, 0.2) is 0 Å². The second-order valence-electron chi connectivity index (χ2n) is 5.13. The number of anilines is 1. The van der Waals surface area contributed by atoms with Crippen molar-refractivity contribution < 1.29 is 0 Å². The molecule has 1 aromatic rings. The van der Waals surface area contributed by atoms with Gasteiger partial charge in [0.05, 0.1) is 0 Å². The maximum atomic E-state index is 4.37. The third-order valence-corrected chi connectivity index (χ3v) is 3.97. The van der Waals surface area contributed by atoms with Gasteiger partial charge in [0, 0.05) is 25.8 Å². The minimum Gasteiger partial charge on any atom is -0.373 e. The first-order valence-corrected chi connectivity index (χ1v) is 6.57. The zero-order valence-electron chi connectivity index (χ0n) is 11.1. The van der Waals surface area contributed by atoms with Crippen LogP contribution in [0.25, 0.3) is 0 Å². The second kappa shape index (κ2) is 5.50. The molecular formula is C14H23N3. The molecule has 0 saturated carbocycles. The fourth-order valence-corrected chi connectivity index (χ4v) is 2.54. The Balaban J connectivity index is 1.99. The van der Waals surface area contributed by atoms with Gasteiger partial charge in [-0.25, -0.2) is 4.98 Å². The van der Waals surface area contributed by atoms with Gasteiger partial charge in [0.1, 0.15) is 5.82 Å². The van der Waals surface area contributed by atoms with Gasteiger partial charge < -0.3 is 5.32 Å². The van der Waals surface area contributed by atoms with E-state index in [0.29, 0.717) is 6.04 Å². The van der Waals surface area contributed by atoms with Crippen molar-refractivity contribution in [3.63, 3.8) is 0 Å². The number of piperidine rings is 1. The van der Waals surface area contributed by atoms with E-state index in [0.717, 1.165) is 18.3 Å². The van der Waals surface area contributed by atoms with Crippen LogP contribution in [0.5, 0.6) is 0 Å². The Kier molecular flexibility index (Phi) is 4.00. The third-order valence-electron chi connectivity index (χ3n) is 3.97. The van der Waals surface area contributed by atoms with Crippen LogP contribution in [0.2, 0.25) is 0 Å². The molecule has 0 amide bonds. The Morgan fingerprint density at radius 3 is 2.88 bits per heavy atom. The highest BCUT2D eigenvalue weighted by Gasteiger charge is 2.24. The zero-order chi connectivity index (χ0) is 12.3. The Hall–Kier alpha value is -1.09. The summed E-state index contributed by atoms with van der Waals surface area (Å²) in [5.74, 6) is 1.75. The van der Waals surface area contributed by atoms with Gasteiger partial charge in [-0.05, 0) is 43.9 Å². The van der Waals surface area contributed by atoms with Crippen LogP contribution >= 0.6 is 0 Å². The molecule has 1 aliphatic rings. The Morgan fingerprint density at radius 1 is 1.41 bits per heavy atom. The third kappa shape index (κ3) is 2.97. The molecule has 1 aromatic heterocycles. The van der Waals surface area contributed by atoms with Crippen LogP contribution in [0.1, 0.15) is 32.3 Å². The Morgan fingerprint density at radius 2 is 2.24 bits per heavy atom. The SMILES string of the molecule is CNc1ccc(CN2CCCC(C)C2C)cn1. The van der Waals surface area contributed by atoms with E-state index < -0.39 is 0 Å². The molecule has 2 unspecified atom stereocenters. The van der Waals surface area contributed by atoms with Gasteiger partial charge >= 0.3 is 0 Å². The summed E-state index contributed by atoms with van der Waals surface area (Å²) < 4.78 is 0. The van der Waals surface area contributed by atoms with E-state index in [4.69, 9.17) is 0 Å². The first kappa shape index (κ1) is 12.4. The smallest absolute Gasteiger partial charge is 0.125 e. The molecule has 3 heteroatoms. The normalized spacial score (nSPS) is 25.8. The van der Waals surface area contributed by atoms with E-state index >= 15 is 0 Å². The number of rotatable bonds is 3. The van der Waals surface area contributed by atoms with Crippen LogP contribution in [0.4, 0.5) is 5.82 Å². The first-order chi connectivity index (χ1) is 8.20. The van der Waals surface area contributed by atoms with E-state index in [1.165, 1.54) is 24.9 Å². The molecule has 2 heterocycles. The highest BCUT2D eigenvalue weighted by atomic mass is 15.2. The second-order valence-corrected chi connectivity index (χ2v) is 5.13. The summed E-state index contributed by atoms with van der Waals surface area (Å²) in [6, 6.07) is 4.91. The zero-order valence-corrected chi connectivity index (χ0v) is 11.1. The summed E-state index contributed by atoms with van der Waals surface area (Å²) in [7, 11) is 1.90. The van der Waals surface area contributed by atoms with Crippen LogP contribution < -0.4 is 5.32 Å². The van der Waals surface area contributed by atoms with Crippen molar-refractivity contribution in [2.24, 2.45) is 5.92 Å². The molecule has 94 valence electrons. The highest BCUT2D eigenvalue weighted by molar-refractivity contribution is 5.34. The lowest BCUT2D eigenvalue weighted by Crippen LogP contribution is -2.41. The molecule has 17 heavy (non-hydrogen) atoms. The molecule has 0 aromatic carbocycles. The van der Waals surface area contributed by atoms with Gasteiger partial charge in [-0.3, -0.25) is 4.90 Å². The van der Waals surface area contributed by atoms with Gasteiger partial charge in [0.2, 0.25) is 0 Å². The predicted molar refractivity (Wildman–Crippen MR) is 72.1 cm³/mol. The van der Waals surface area contributed by atoms with Crippen molar-refractivity contribution in [2.45, 2.75) is 39.3 Å². The predicted octanol–water partition coefficient (Wildman–Crippen LogP) is 2.74. The molecule has 1 saturated heterocycles. The minimum absolute atomic E-state index is 0.688. The van der Waals surface area contributed by atoms with Crippen molar-refractivity contribution in [1.82, 2.24) is 9.88 Å². The number of hydrogen-bond acceptors (Lipinski definition) is 3. The van der Waals surface area contributed by atoms with E-state index in [-0.39, 0.29) is 0 Å². The van der Waals surface area contributed by atoms with Crippen molar-refractivity contribution in [3.8, 4) is 0 Å². The molecule has 0 spiro atoms. The van der Waals surface area contributed by atoms with Gasteiger partial charge in [-0.1, -0.05) is 13.0 Å². The van der Waals surface area contributed by atoms with Crippen molar-refractivity contribution in [3.05, 3.63) is 23.9 Å². The minimum atomic E-state index is 0.688. The van der Waals surface area contributed by atoms with E-state index in [1.807, 2.05) is 19.3 Å². The lowest BCUT2D eigenvalue weighted by Gasteiger charge is -2.37. The maximum Gasteiger partial charge on any atom is 0.125 e. The quantitative estimate of drug-likeness (QED) is 0.870. The van der Waals surface area contributed by atoms with Crippen molar-refractivity contribution >= 4 is 5.82 Å². The Bertz CT molecular complexity index is 347. The van der Waals surface area contributed by atoms with Crippen LogP contribution in [0.15, 0.2) is 18.3 Å². The molecule has 3 nitrogen and oxygen atoms in total. The average molecular weight is 233 g/mol. The molecule has 1 aliphatic heterocycles. The van der Waals surface area contributed by atoms with E-state index in [2.05, 4.69) is 35.1 Å². The lowest BCUT2D eigenvalue weighted by atomic mass is 9.92. The van der Waals surface area contributed by atoms with Gasteiger partial charge in [0.25, 0.3) is 0 Å². The molecule has 1 fully saturated rings. The van der Waals surface area contributed by atoms with Gasteiger partial charge in [-0.15, -0.1) is 0 Å². The van der Waals surface area contributed by atoms with Crippen molar-refractivity contribution in [1.29, 1.82) is 0 Å². The fraction of sp³-hybridized carbons (Fsp3) is 0.643. The lowest BCUT2D eigenvalue weighted by molar-refractivity contribution is 0.106. The summed E-state index contributed by atoms with van der Waals surface area (Å²) in [6.07, 6.45) is 4.68. The fourth-order valence-electron chi connectivity index (χ4n) is 2.54. The maximum absolute atomic E-state index is 4.37. The monoisotopic (exact) mass is 233 g/mol. The molecular weight excluding hydrogens is 210 g/mol. The number of pyridine rings is 1. The number of likely N-dealkylation sites (tertiary alicyclic amines) is 1. The van der Waals surface area contributed by atoms with Crippen molar-refractivity contribution in [2.75, 3.05) is 18.9 Å². The standard InChI is InChI=1S/C14H23N3/c1-11-5-4-8-17(12(11)2)10-13-6-7-14(15-3)16-9-13/h6-7,9,11-12H,4-5,8,10H2,1-3H3,(H,15,16). The summed E-state index contributed by atoms with van der Waals surface area (Å²) in [5.41, 5.74) is 1.31. The first-order valence-electron chi connectivity index (χ1n) is 6.57. The summed E-state index contributed by atoms with van der Waals surface area (Å²) in [6.45, 7) is 6.96. The summed E-state index contributed by atoms with van der Waals surface area (Å²) in [4.78, 5) is 6.94. The number of aromatic nitrogens is 1. The van der Waals surface area contributed by atoms with E-state index in [1.54, 1.807) is 0 Å². The van der Waals surface area contributed by atoms with Crippen LogP contribution in [-0.4, -0.2) is 29.5 Å². The topological polar surface area (TPSA) is 28.2 Å². The highest BCUT2D eigenvalue weighted by Crippen LogP contribution is 2.24. The molecule has 0 radical (unpaired) electrons. The Labute approximate surface area is 104 Å². The average Bonchev–Trinajstić information content (AvgIpc) is 2.36. The molecule has 2 rings (SSSR count).